The number of fused-ring (bicyclic) bond motifs is 1. The Kier molecular flexibility index (Phi) is 4.26. The van der Waals surface area contributed by atoms with Crippen LogP contribution in [-0.2, 0) is 0 Å². The fraction of sp³-hybridized carbons (Fsp3) is 0.105. The largest absolute Gasteiger partial charge is 0.507 e. The van der Waals surface area contributed by atoms with Crippen molar-refractivity contribution in [3.8, 4) is 5.75 Å². The van der Waals surface area contributed by atoms with Gasteiger partial charge in [0, 0.05) is 6.54 Å². The van der Waals surface area contributed by atoms with Crippen LogP contribution in [0.4, 0.5) is 0 Å². The summed E-state index contributed by atoms with van der Waals surface area (Å²) < 4.78 is 0. The highest BCUT2D eigenvalue weighted by molar-refractivity contribution is 5.96. The number of aliphatic hydroxyl groups is 1. The minimum atomic E-state index is -0.811. The number of hydrogen-bond acceptors (Lipinski definition) is 3. The van der Waals surface area contributed by atoms with E-state index in [1.165, 1.54) is 12.1 Å². The fourth-order valence-electron chi connectivity index (χ4n) is 2.48. The lowest BCUT2D eigenvalue weighted by Crippen LogP contribution is -2.28. The first-order chi connectivity index (χ1) is 11.1. The van der Waals surface area contributed by atoms with Crippen molar-refractivity contribution >= 4 is 16.7 Å². The first-order valence-electron chi connectivity index (χ1n) is 7.38. The number of para-hydroxylation sites is 1. The standard InChI is InChI=1S/C19H17NO3/c21-17-8-4-3-7-16(17)19(23)20-12-18(22)15-10-9-13-5-1-2-6-14(13)11-15/h1-11,18,21-22H,12H2,(H,20,23). The van der Waals surface area contributed by atoms with Gasteiger partial charge < -0.3 is 15.5 Å². The Labute approximate surface area is 134 Å². The summed E-state index contributed by atoms with van der Waals surface area (Å²) in [7, 11) is 0. The third kappa shape index (κ3) is 3.33. The molecule has 3 rings (SSSR count). The van der Waals surface area contributed by atoms with E-state index < -0.39 is 12.0 Å². The molecule has 0 saturated carbocycles. The Bertz CT molecular complexity index is 845. The van der Waals surface area contributed by atoms with E-state index in [4.69, 9.17) is 0 Å². The van der Waals surface area contributed by atoms with Crippen LogP contribution < -0.4 is 5.32 Å². The molecule has 1 unspecified atom stereocenters. The van der Waals surface area contributed by atoms with Gasteiger partial charge in [-0.1, -0.05) is 48.5 Å². The molecule has 0 aliphatic rings. The molecule has 1 amide bonds. The van der Waals surface area contributed by atoms with Crippen molar-refractivity contribution < 1.29 is 15.0 Å². The predicted molar refractivity (Wildman–Crippen MR) is 89.3 cm³/mol. The number of aromatic hydroxyl groups is 1. The topological polar surface area (TPSA) is 69.6 Å². The van der Waals surface area contributed by atoms with Gasteiger partial charge in [-0.2, -0.15) is 0 Å². The number of carbonyl (C=O) groups is 1. The highest BCUT2D eigenvalue weighted by atomic mass is 16.3. The summed E-state index contributed by atoms with van der Waals surface area (Å²) in [4.78, 5) is 12.0. The zero-order valence-electron chi connectivity index (χ0n) is 12.4. The number of amides is 1. The van der Waals surface area contributed by atoms with Gasteiger partial charge in [0.25, 0.3) is 5.91 Å². The molecule has 0 saturated heterocycles. The van der Waals surface area contributed by atoms with E-state index in [-0.39, 0.29) is 17.9 Å². The SMILES string of the molecule is O=C(NCC(O)c1ccc2ccccc2c1)c1ccccc1O. The monoisotopic (exact) mass is 307 g/mol. The van der Waals surface area contributed by atoms with Crippen LogP contribution in [0.5, 0.6) is 5.75 Å². The lowest BCUT2D eigenvalue weighted by atomic mass is 10.0. The molecule has 3 aromatic rings. The van der Waals surface area contributed by atoms with Crippen molar-refractivity contribution in [3.05, 3.63) is 77.9 Å². The van der Waals surface area contributed by atoms with Crippen molar-refractivity contribution in [3.63, 3.8) is 0 Å². The summed E-state index contributed by atoms with van der Waals surface area (Å²) >= 11 is 0. The molecule has 0 aliphatic heterocycles. The lowest BCUT2D eigenvalue weighted by Gasteiger charge is -2.13. The maximum atomic E-state index is 12.0. The van der Waals surface area contributed by atoms with Crippen LogP contribution in [-0.4, -0.2) is 22.7 Å². The number of phenolic OH excluding ortho intramolecular Hbond substituents is 1. The molecule has 3 aromatic carbocycles. The molecule has 4 heteroatoms. The molecule has 0 bridgehead atoms. The Morgan fingerprint density at radius 3 is 2.43 bits per heavy atom. The molecule has 0 spiro atoms. The summed E-state index contributed by atoms with van der Waals surface area (Å²) in [5.74, 6) is -0.492. The van der Waals surface area contributed by atoms with E-state index in [9.17, 15) is 15.0 Å². The van der Waals surface area contributed by atoms with Gasteiger partial charge in [0.1, 0.15) is 5.75 Å². The fourth-order valence-corrected chi connectivity index (χ4v) is 2.48. The van der Waals surface area contributed by atoms with E-state index in [1.54, 1.807) is 12.1 Å². The van der Waals surface area contributed by atoms with Gasteiger partial charge in [-0.15, -0.1) is 0 Å². The van der Waals surface area contributed by atoms with Crippen LogP contribution in [0.25, 0.3) is 10.8 Å². The molecule has 0 aromatic heterocycles. The van der Waals surface area contributed by atoms with E-state index in [1.807, 2.05) is 42.5 Å². The second-order valence-corrected chi connectivity index (χ2v) is 5.35. The average Bonchev–Trinajstić information content (AvgIpc) is 2.59. The number of hydrogen-bond donors (Lipinski definition) is 3. The summed E-state index contributed by atoms with van der Waals surface area (Å²) in [5, 5.41) is 24.7. The summed E-state index contributed by atoms with van der Waals surface area (Å²) in [6.07, 6.45) is -0.811. The molecule has 3 N–H and O–H groups in total. The molecule has 4 nitrogen and oxygen atoms in total. The first kappa shape index (κ1) is 15.1. The Hall–Kier alpha value is -2.85. The minimum absolute atomic E-state index is 0.0749. The number of rotatable bonds is 4. The molecule has 0 radical (unpaired) electrons. The minimum Gasteiger partial charge on any atom is -0.507 e. The van der Waals surface area contributed by atoms with Crippen molar-refractivity contribution in [1.82, 2.24) is 5.32 Å². The molecular formula is C19H17NO3. The molecule has 23 heavy (non-hydrogen) atoms. The zero-order valence-corrected chi connectivity index (χ0v) is 12.4. The lowest BCUT2D eigenvalue weighted by molar-refractivity contribution is 0.0913. The van der Waals surface area contributed by atoms with Crippen molar-refractivity contribution in [2.24, 2.45) is 0 Å². The maximum Gasteiger partial charge on any atom is 0.255 e. The molecule has 0 fully saturated rings. The van der Waals surface area contributed by atoms with Crippen molar-refractivity contribution in [1.29, 1.82) is 0 Å². The highest BCUT2D eigenvalue weighted by Crippen LogP contribution is 2.20. The number of benzene rings is 3. The first-order valence-corrected chi connectivity index (χ1v) is 7.38. The van der Waals surface area contributed by atoms with E-state index in [0.29, 0.717) is 0 Å². The number of carbonyl (C=O) groups excluding carboxylic acids is 1. The summed E-state index contributed by atoms with van der Waals surface area (Å²) in [5.41, 5.74) is 0.930. The van der Waals surface area contributed by atoms with Crippen molar-refractivity contribution in [2.75, 3.05) is 6.54 Å². The summed E-state index contributed by atoms with van der Waals surface area (Å²) in [6, 6.07) is 19.9. The number of aliphatic hydroxyl groups excluding tert-OH is 1. The molecule has 0 aliphatic carbocycles. The van der Waals surface area contributed by atoms with Crippen LogP contribution >= 0.6 is 0 Å². The maximum absolute atomic E-state index is 12.0. The van der Waals surface area contributed by atoms with Crippen molar-refractivity contribution in [2.45, 2.75) is 6.10 Å². The van der Waals surface area contributed by atoms with Gasteiger partial charge in [-0.3, -0.25) is 4.79 Å². The molecule has 1 atom stereocenters. The average molecular weight is 307 g/mol. The van der Waals surface area contributed by atoms with E-state index in [0.717, 1.165) is 16.3 Å². The second kappa shape index (κ2) is 6.50. The van der Waals surface area contributed by atoms with Gasteiger partial charge >= 0.3 is 0 Å². The highest BCUT2D eigenvalue weighted by Gasteiger charge is 2.13. The quantitative estimate of drug-likeness (QED) is 0.694. The molecule has 0 heterocycles. The Morgan fingerprint density at radius 1 is 0.957 bits per heavy atom. The third-order valence-corrected chi connectivity index (χ3v) is 3.76. The predicted octanol–water partition coefficient (Wildman–Crippen LogP) is 3.01. The Morgan fingerprint density at radius 2 is 1.65 bits per heavy atom. The van der Waals surface area contributed by atoms with E-state index in [2.05, 4.69) is 5.32 Å². The van der Waals surface area contributed by atoms with Crippen LogP contribution in [0, 0.1) is 0 Å². The van der Waals surface area contributed by atoms with Gasteiger partial charge in [0.2, 0.25) is 0 Å². The normalized spacial score (nSPS) is 12.0. The number of phenols is 1. The van der Waals surface area contributed by atoms with E-state index >= 15 is 0 Å². The summed E-state index contributed by atoms with van der Waals surface area (Å²) in [6.45, 7) is 0.0749. The van der Waals surface area contributed by atoms with Crippen LogP contribution in [0.3, 0.4) is 0 Å². The smallest absolute Gasteiger partial charge is 0.255 e. The molecule has 116 valence electrons. The second-order valence-electron chi connectivity index (χ2n) is 5.35. The van der Waals surface area contributed by atoms with Gasteiger partial charge in [0.05, 0.1) is 11.7 Å². The van der Waals surface area contributed by atoms with Gasteiger partial charge in [0.15, 0.2) is 0 Å². The Balaban J connectivity index is 1.70. The van der Waals surface area contributed by atoms with Crippen LogP contribution in [0.1, 0.15) is 22.0 Å². The third-order valence-electron chi connectivity index (χ3n) is 3.76. The molecular weight excluding hydrogens is 290 g/mol. The van der Waals surface area contributed by atoms with Gasteiger partial charge in [-0.05, 0) is 34.5 Å². The number of nitrogens with one attached hydrogen (secondary N) is 1. The van der Waals surface area contributed by atoms with Crippen LogP contribution in [0.2, 0.25) is 0 Å². The zero-order chi connectivity index (χ0) is 16.2. The van der Waals surface area contributed by atoms with Crippen LogP contribution in [0.15, 0.2) is 66.7 Å². The van der Waals surface area contributed by atoms with Gasteiger partial charge in [-0.25, -0.2) is 0 Å².